The zero-order valence-electron chi connectivity index (χ0n) is 17.9. The van der Waals surface area contributed by atoms with Crippen LogP contribution >= 0.6 is 0 Å². The molecule has 5 heteroatoms. The molecule has 0 aliphatic carbocycles. The number of hydrogen-bond acceptors (Lipinski definition) is 3. The molecule has 0 saturated carbocycles. The third kappa shape index (κ3) is 2.64. The molecule has 156 valence electrons. The van der Waals surface area contributed by atoms with Gasteiger partial charge in [0, 0.05) is 30.4 Å². The molecule has 0 spiro atoms. The van der Waals surface area contributed by atoms with Gasteiger partial charge in [0.25, 0.3) is 0 Å². The van der Waals surface area contributed by atoms with Gasteiger partial charge in [0.2, 0.25) is 0 Å². The van der Waals surface area contributed by atoms with Gasteiger partial charge in [-0.2, -0.15) is 0 Å². The minimum atomic E-state index is 0.833. The number of benzene rings is 3. The fourth-order valence-corrected chi connectivity index (χ4v) is 5.14. The summed E-state index contributed by atoms with van der Waals surface area (Å²) in [6.07, 6.45) is 4.15. The van der Waals surface area contributed by atoms with Gasteiger partial charge in [-0.25, -0.2) is 9.97 Å². The van der Waals surface area contributed by atoms with E-state index in [1.807, 2.05) is 13.0 Å². The Morgan fingerprint density at radius 1 is 0.781 bits per heavy atom. The van der Waals surface area contributed by atoms with E-state index in [9.17, 15) is 0 Å². The molecule has 3 aromatic carbocycles. The lowest BCUT2D eigenvalue weighted by molar-refractivity contribution is 0.482. The summed E-state index contributed by atoms with van der Waals surface area (Å²) < 4.78 is 10.9. The Kier molecular flexibility index (Phi) is 3.65. The molecule has 0 radical (unpaired) electrons. The van der Waals surface area contributed by atoms with E-state index in [2.05, 4.69) is 69.9 Å². The fourth-order valence-electron chi connectivity index (χ4n) is 5.14. The zero-order chi connectivity index (χ0) is 21.2. The minimum absolute atomic E-state index is 0.833. The van der Waals surface area contributed by atoms with Crippen molar-refractivity contribution < 1.29 is 4.74 Å². The van der Waals surface area contributed by atoms with Gasteiger partial charge in [0.1, 0.15) is 23.1 Å². The molecular weight excluding hydrogens is 396 g/mol. The smallest absolute Gasteiger partial charge is 0.141 e. The molecule has 4 heterocycles. The predicted molar refractivity (Wildman–Crippen MR) is 125 cm³/mol. The van der Waals surface area contributed by atoms with E-state index in [4.69, 9.17) is 14.7 Å². The highest BCUT2D eigenvalue weighted by atomic mass is 16.5. The fraction of sp³-hybridized carbons (Fsp3) is 0.185. The summed E-state index contributed by atoms with van der Waals surface area (Å²) in [6, 6.07) is 21.1. The summed E-state index contributed by atoms with van der Waals surface area (Å²) >= 11 is 0. The molecule has 5 nitrogen and oxygen atoms in total. The van der Waals surface area contributed by atoms with Crippen LogP contribution in [0.15, 0.2) is 66.9 Å². The van der Waals surface area contributed by atoms with Crippen molar-refractivity contribution in [2.75, 3.05) is 0 Å². The zero-order valence-corrected chi connectivity index (χ0v) is 17.9. The van der Waals surface area contributed by atoms with E-state index < -0.39 is 0 Å². The first kappa shape index (κ1) is 17.8. The van der Waals surface area contributed by atoms with Gasteiger partial charge in [0.15, 0.2) is 0 Å². The van der Waals surface area contributed by atoms with Gasteiger partial charge < -0.3 is 13.9 Å². The van der Waals surface area contributed by atoms with Crippen LogP contribution in [0.2, 0.25) is 0 Å². The highest BCUT2D eigenvalue weighted by molar-refractivity contribution is 5.82. The Balaban J connectivity index is 1.27. The first-order chi connectivity index (χ1) is 15.7. The lowest BCUT2D eigenvalue weighted by Gasteiger charge is -2.20. The number of hydrogen-bond donors (Lipinski definition) is 0. The molecule has 32 heavy (non-hydrogen) atoms. The van der Waals surface area contributed by atoms with Crippen molar-refractivity contribution in [1.82, 2.24) is 19.1 Å². The van der Waals surface area contributed by atoms with E-state index in [1.54, 1.807) is 0 Å². The number of fused-ring (bicyclic) bond motifs is 8. The van der Waals surface area contributed by atoms with E-state index >= 15 is 0 Å². The number of imidazole rings is 2. The maximum absolute atomic E-state index is 6.35. The molecule has 5 aromatic rings. The molecule has 0 bridgehead atoms. The van der Waals surface area contributed by atoms with Crippen LogP contribution in [0.4, 0.5) is 0 Å². The average molecular weight is 419 g/mol. The quantitative estimate of drug-likeness (QED) is 0.365. The topological polar surface area (TPSA) is 44.9 Å². The Bertz CT molecular complexity index is 1520. The van der Waals surface area contributed by atoms with Crippen LogP contribution in [0.25, 0.3) is 33.8 Å². The number of aromatic nitrogens is 4. The molecular formula is C27H22N4O. The summed E-state index contributed by atoms with van der Waals surface area (Å²) in [5.41, 5.74) is 8.27. The standard InChI is InChI=1S/C27H22N4O/c1-17-16-30-12-10-18-6-8-20(14-22(18)26(30)28-17)32-21-9-7-19-11-13-31-25-5-3-2-4-24(25)29-27(31)23(19)15-21/h2-9,14-16H,10-13H2,1H3. The maximum atomic E-state index is 6.35. The van der Waals surface area contributed by atoms with Crippen molar-refractivity contribution in [3.8, 4) is 34.3 Å². The normalized spacial score (nSPS) is 13.9. The van der Waals surface area contributed by atoms with Crippen LogP contribution in [-0.4, -0.2) is 19.1 Å². The third-order valence-electron chi connectivity index (χ3n) is 6.66. The second-order valence-corrected chi connectivity index (χ2v) is 8.72. The second kappa shape index (κ2) is 6.57. The molecule has 0 unspecified atom stereocenters. The number of rotatable bonds is 2. The minimum Gasteiger partial charge on any atom is -0.457 e. The number of ether oxygens (including phenoxy) is 1. The highest BCUT2D eigenvalue weighted by Gasteiger charge is 2.22. The van der Waals surface area contributed by atoms with Crippen molar-refractivity contribution in [3.63, 3.8) is 0 Å². The lowest BCUT2D eigenvalue weighted by Crippen LogP contribution is -2.11. The summed E-state index contributed by atoms with van der Waals surface area (Å²) in [5.74, 6) is 3.73. The molecule has 2 aliphatic heterocycles. The molecule has 2 aliphatic rings. The Morgan fingerprint density at radius 2 is 1.50 bits per heavy atom. The molecule has 0 saturated heterocycles. The van der Waals surface area contributed by atoms with Gasteiger partial charge in [-0.3, -0.25) is 0 Å². The molecule has 0 atom stereocenters. The SMILES string of the molecule is Cc1cn2c(n1)-c1cc(Oc3ccc4c(c3)-c3nc5ccccc5n3CC4)ccc1CC2. The number of para-hydroxylation sites is 2. The van der Waals surface area contributed by atoms with E-state index in [1.165, 1.54) is 22.2 Å². The van der Waals surface area contributed by atoms with E-state index in [0.717, 1.165) is 65.9 Å². The lowest BCUT2D eigenvalue weighted by atomic mass is 10.00. The van der Waals surface area contributed by atoms with Crippen molar-refractivity contribution >= 4 is 11.0 Å². The maximum Gasteiger partial charge on any atom is 0.141 e. The second-order valence-electron chi connectivity index (χ2n) is 8.72. The monoisotopic (exact) mass is 418 g/mol. The van der Waals surface area contributed by atoms with Gasteiger partial charge in [-0.1, -0.05) is 24.3 Å². The number of nitrogens with zero attached hydrogens (tertiary/aromatic N) is 4. The molecule has 0 fully saturated rings. The van der Waals surface area contributed by atoms with Crippen molar-refractivity contribution in [1.29, 1.82) is 0 Å². The molecule has 2 aromatic heterocycles. The third-order valence-corrected chi connectivity index (χ3v) is 6.66. The summed E-state index contributed by atoms with van der Waals surface area (Å²) in [4.78, 5) is 9.66. The largest absolute Gasteiger partial charge is 0.457 e. The molecule has 0 amide bonds. The highest BCUT2D eigenvalue weighted by Crippen LogP contribution is 2.37. The van der Waals surface area contributed by atoms with Crippen LogP contribution in [0.3, 0.4) is 0 Å². The van der Waals surface area contributed by atoms with Crippen molar-refractivity contribution in [2.24, 2.45) is 0 Å². The van der Waals surface area contributed by atoms with Crippen molar-refractivity contribution in [3.05, 3.63) is 83.7 Å². The van der Waals surface area contributed by atoms with Crippen LogP contribution in [0.1, 0.15) is 16.8 Å². The van der Waals surface area contributed by atoms with E-state index in [-0.39, 0.29) is 0 Å². The summed E-state index contributed by atoms with van der Waals surface area (Å²) in [7, 11) is 0. The van der Waals surface area contributed by atoms with Gasteiger partial charge >= 0.3 is 0 Å². The van der Waals surface area contributed by atoms with Gasteiger partial charge in [-0.05, 0) is 67.3 Å². The summed E-state index contributed by atoms with van der Waals surface area (Å²) in [6.45, 7) is 3.99. The van der Waals surface area contributed by atoms with Crippen LogP contribution in [0, 0.1) is 6.92 Å². The van der Waals surface area contributed by atoms with Gasteiger partial charge in [0.05, 0.1) is 16.7 Å². The van der Waals surface area contributed by atoms with Crippen LogP contribution < -0.4 is 4.74 Å². The van der Waals surface area contributed by atoms with Crippen LogP contribution in [0.5, 0.6) is 11.5 Å². The Hall–Kier alpha value is -3.86. The molecule has 0 N–H and O–H groups in total. The molecule has 7 rings (SSSR count). The Morgan fingerprint density at radius 3 is 2.31 bits per heavy atom. The van der Waals surface area contributed by atoms with Gasteiger partial charge in [-0.15, -0.1) is 0 Å². The predicted octanol–water partition coefficient (Wildman–Crippen LogP) is 5.78. The average Bonchev–Trinajstić information content (AvgIpc) is 3.39. The van der Waals surface area contributed by atoms with Crippen molar-refractivity contribution in [2.45, 2.75) is 32.9 Å². The first-order valence-corrected chi connectivity index (χ1v) is 11.2. The Labute approximate surface area is 185 Å². The summed E-state index contributed by atoms with van der Waals surface area (Å²) in [5, 5.41) is 0. The van der Waals surface area contributed by atoms with E-state index in [0.29, 0.717) is 0 Å². The first-order valence-electron chi connectivity index (χ1n) is 11.2. The number of aryl methyl sites for hydroxylation is 5. The van der Waals surface area contributed by atoms with Crippen LogP contribution in [-0.2, 0) is 25.9 Å².